The zero-order valence-corrected chi connectivity index (χ0v) is 22.8. The Morgan fingerprint density at radius 1 is 1.26 bits per heavy atom. The third-order valence-corrected chi connectivity index (χ3v) is 9.02. The first kappa shape index (κ1) is 27.8. The Kier molecular flexibility index (Phi) is 8.54. The number of sulfonamides is 1. The van der Waals surface area contributed by atoms with Crippen molar-refractivity contribution in [2.24, 2.45) is 18.1 Å². The summed E-state index contributed by atoms with van der Waals surface area (Å²) in [5.41, 5.74) is 2.10. The van der Waals surface area contributed by atoms with Gasteiger partial charge >= 0.3 is 0 Å². The lowest BCUT2D eigenvalue weighted by Gasteiger charge is -2.31. The molecular weight excluding hydrogens is 510 g/mol. The number of rotatable bonds is 10. The smallest absolute Gasteiger partial charge is 0.275 e. The number of ether oxygens (including phenoxy) is 1. The number of piperidine rings is 1. The molecule has 1 saturated heterocycles. The van der Waals surface area contributed by atoms with E-state index in [0.717, 1.165) is 12.0 Å². The Morgan fingerprint density at radius 2 is 2.00 bits per heavy atom. The predicted octanol–water partition coefficient (Wildman–Crippen LogP) is 2.87. The number of aliphatic hydroxyl groups excluding tert-OH is 1. The van der Waals surface area contributed by atoms with Crippen LogP contribution in [-0.4, -0.2) is 70.1 Å². The first-order valence-corrected chi connectivity index (χ1v) is 14.4. The quantitative estimate of drug-likeness (QED) is 0.201. The molecule has 0 unspecified atom stereocenters. The molecule has 1 aliphatic rings. The van der Waals surface area contributed by atoms with Crippen LogP contribution < -0.4 is 10.3 Å². The highest BCUT2D eigenvalue weighted by atomic mass is 32.2. The highest BCUT2D eigenvalue weighted by molar-refractivity contribution is 7.89. The number of aromatic amines is 1. The summed E-state index contributed by atoms with van der Waals surface area (Å²) < 4.78 is 36.0. The van der Waals surface area contributed by atoms with Crippen LogP contribution in [0.15, 0.2) is 33.0 Å². The Balaban J connectivity index is 1.83. The average Bonchev–Trinajstić information content (AvgIpc) is 3.16. The summed E-state index contributed by atoms with van der Waals surface area (Å²) in [6.45, 7) is 5.03. The second-order valence-corrected chi connectivity index (χ2v) is 11.4. The van der Waals surface area contributed by atoms with Crippen molar-refractivity contribution in [2.75, 3.05) is 26.3 Å². The summed E-state index contributed by atoms with van der Waals surface area (Å²) in [4.78, 5) is 20.9. The van der Waals surface area contributed by atoms with Gasteiger partial charge in [-0.15, -0.1) is 0 Å². The number of hydrogen-bond acceptors (Lipinski definition) is 8. The number of benzene rings is 1. The van der Waals surface area contributed by atoms with Crippen LogP contribution in [0, 0.1) is 5.92 Å². The third-order valence-electron chi connectivity index (χ3n) is 7.12. The van der Waals surface area contributed by atoms with E-state index < -0.39 is 15.6 Å². The molecule has 0 bridgehead atoms. The lowest BCUT2D eigenvalue weighted by molar-refractivity contribution is 0.208. The predicted molar refractivity (Wildman–Crippen MR) is 145 cm³/mol. The fraction of sp³-hybridized carbons (Fsp3) is 0.500. The molecule has 0 aliphatic carbocycles. The van der Waals surface area contributed by atoms with Crippen molar-refractivity contribution in [3.8, 4) is 17.1 Å². The van der Waals surface area contributed by atoms with Crippen molar-refractivity contribution in [1.29, 1.82) is 0 Å². The molecule has 11 nitrogen and oxygen atoms in total. The van der Waals surface area contributed by atoms with E-state index in [2.05, 4.69) is 10.1 Å². The molecule has 0 atom stereocenters. The van der Waals surface area contributed by atoms with Crippen LogP contribution in [0.2, 0.25) is 0 Å². The standard InChI is InChI=1S/C26H35N5O6S/c1-4-6-19-21(16-27-34)30(3)24-23(19)28-25(29-26(24)33)20-15-18(7-8-22(20)37-5-2)38(35,36)31-12-9-17(10-13-31)11-14-32/h7-8,15-17,32,34H,4-6,9-14H2,1-3H3,(H,28,29,33). The molecule has 1 aliphatic heterocycles. The minimum absolute atomic E-state index is 0.0919. The van der Waals surface area contributed by atoms with E-state index in [4.69, 9.17) is 9.72 Å². The maximum absolute atomic E-state index is 13.5. The number of H-pyrrole nitrogens is 1. The van der Waals surface area contributed by atoms with Crippen LogP contribution in [0.3, 0.4) is 0 Å². The summed E-state index contributed by atoms with van der Waals surface area (Å²) >= 11 is 0. The second-order valence-electron chi connectivity index (χ2n) is 9.48. The average molecular weight is 546 g/mol. The lowest BCUT2D eigenvalue weighted by Crippen LogP contribution is -2.38. The summed E-state index contributed by atoms with van der Waals surface area (Å²) in [5.74, 6) is 0.910. The first-order chi connectivity index (χ1) is 18.3. The molecule has 38 heavy (non-hydrogen) atoms. The van der Waals surface area contributed by atoms with Gasteiger partial charge in [0.15, 0.2) is 0 Å². The molecule has 3 N–H and O–H groups in total. The number of aliphatic hydroxyl groups is 1. The Morgan fingerprint density at radius 3 is 2.63 bits per heavy atom. The van der Waals surface area contributed by atoms with Gasteiger partial charge in [0, 0.05) is 32.3 Å². The van der Waals surface area contributed by atoms with E-state index in [-0.39, 0.29) is 17.3 Å². The van der Waals surface area contributed by atoms with Gasteiger partial charge in [-0.2, -0.15) is 4.31 Å². The molecule has 2 aromatic heterocycles. The molecule has 0 spiro atoms. The van der Waals surface area contributed by atoms with Crippen LogP contribution >= 0.6 is 0 Å². The van der Waals surface area contributed by atoms with Crippen LogP contribution in [0.5, 0.6) is 5.75 Å². The van der Waals surface area contributed by atoms with Crippen molar-refractivity contribution >= 4 is 27.3 Å². The molecule has 1 aromatic carbocycles. The maximum Gasteiger partial charge on any atom is 0.275 e. The van der Waals surface area contributed by atoms with Crippen molar-refractivity contribution in [3.05, 3.63) is 39.8 Å². The second kappa shape index (κ2) is 11.7. The summed E-state index contributed by atoms with van der Waals surface area (Å²) in [7, 11) is -2.09. The van der Waals surface area contributed by atoms with Gasteiger partial charge in [0.25, 0.3) is 5.56 Å². The Labute approximate surface area is 221 Å². The van der Waals surface area contributed by atoms with E-state index in [0.29, 0.717) is 79.3 Å². The van der Waals surface area contributed by atoms with Crippen LogP contribution in [0.1, 0.15) is 50.8 Å². The van der Waals surface area contributed by atoms with Gasteiger partial charge < -0.3 is 24.6 Å². The van der Waals surface area contributed by atoms with Crippen LogP contribution in [0.25, 0.3) is 22.4 Å². The summed E-state index contributed by atoms with van der Waals surface area (Å²) in [5, 5.41) is 21.6. The van der Waals surface area contributed by atoms with E-state index in [1.165, 1.54) is 22.7 Å². The Hall–Kier alpha value is -3.22. The van der Waals surface area contributed by atoms with E-state index in [1.807, 2.05) is 13.8 Å². The fourth-order valence-corrected chi connectivity index (χ4v) is 6.68. The summed E-state index contributed by atoms with van der Waals surface area (Å²) in [6, 6.07) is 4.61. The number of nitrogens with zero attached hydrogens (tertiary/aromatic N) is 4. The van der Waals surface area contributed by atoms with Gasteiger partial charge in [0.1, 0.15) is 22.6 Å². The molecule has 4 rings (SSSR count). The zero-order chi connectivity index (χ0) is 27.4. The molecule has 0 saturated carbocycles. The van der Waals surface area contributed by atoms with Gasteiger partial charge in [-0.05, 0) is 56.7 Å². The highest BCUT2D eigenvalue weighted by Gasteiger charge is 2.30. The molecule has 12 heteroatoms. The number of aryl methyl sites for hydroxylation is 2. The molecule has 0 radical (unpaired) electrons. The summed E-state index contributed by atoms with van der Waals surface area (Å²) in [6.07, 6.45) is 4.74. The SMILES string of the molecule is CCCc1c(C=NO)n(C)c2c(=O)[nH]c(-c3cc(S(=O)(=O)N4CCC(CCO)CC4)ccc3OCC)nc12. The number of oxime groups is 1. The van der Waals surface area contributed by atoms with Crippen molar-refractivity contribution in [2.45, 2.75) is 50.8 Å². The Bertz CT molecular complexity index is 1490. The highest BCUT2D eigenvalue weighted by Crippen LogP contribution is 2.34. The third kappa shape index (κ3) is 5.20. The number of aromatic nitrogens is 3. The monoisotopic (exact) mass is 545 g/mol. The zero-order valence-electron chi connectivity index (χ0n) is 22.0. The van der Waals surface area contributed by atoms with Crippen molar-refractivity contribution in [3.63, 3.8) is 0 Å². The van der Waals surface area contributed by atoms with Gasteiger partial charge in [0.2, 0.25) is 10.0 Å². The first-order valence-electron chi connectivity index (χ1n) is 12.9. The molecule has 1 fully saturated rings. The molecular formula is C26H35N5O6S. The normalized spacial score (nSPS) is 15.6. The topological polar surface area (TPSA) is 150 Å². The van der Waals surface area contributed by atoms with Crippen LogP contribution in [0.4, 0.5) is 0 Å². The minimum atomic E-state index is -3.80. The van der Waals surface area contributed by atoms with Gasteiger partial charge in [-0.3, -0.25) is 4.79 Å². The number of hydrogen-bond donors (Lipinski definition) is 3. The molecule has 206 valence electrons. The van der Waals surface area contributed by atoms with Gasteiger partial charge in [0.05, 0.1) is 29.0 Å². The fourth-order valence-electron chi connectivity index (χ4n) is 5.18. The van der Waals surface area contributed by atoms with E-state index in [1.54, 1.807) is 17.7 Å². The minimum Gasteiger partial charge on any atom is -0.493 e. The number of fused-ring (bicyclic) bond motifs is 1. The molecule has 3 aromatic rings. The maximum atomic E-state index is 13.5. The van der Waals surface area contributed by atoms with E-state index in [9.17, 15) is 23.5 Å². The molecule has 3 heterocycles. The van der Waals surface area contributed by atoms with Crippen molar-refractivity contribution < 1.29 is 23.5 Å². The lowest BCUT2D eigenvalue weighted by atomic mass is 9.95. The molecule has 0 amide bonds. The van der Waals surface area contributed by atoms with Gasteiger partial charge in [-0.1, -0.05) is 18.5 Å². The van der Waals surface area contributed by atoms with Crippen LogP contribution in [-0.2, 0) is 23.5 Å². The van der Waals surface area contributed by atoms with Crippen molar-refractivity contribution in [1.82, 2.24) is 18.8 Å². The van der Waals surface area contributed by atoms with E-state index >= 15 is 0 Å². The number of nitrogens with one attached hydrogen (secondary N) is 1. The largest absolute Gasteiger partial charge is 0.493 e. The van der Waals surface area contributed by atoms with Gasteiger partial charge in [-0.25, -0.2) is 13.4 Å².